The third-order valence-corrected chi connectivity index (χ3v) is 8.50. The van der Waals surface area contributed by atoms with Gasteiger partial charge in [0, 0.05) is 32.5 Å². The smallest absolute Gasteiger partial charge is 0.416 e. The third-order valence-electron chi connectivity index (χ3n) is 8.50. The molecule has 3 aromatic rings. The summed E-state index contributed by atoms with van der Waals surface area (Å²) in [6.07, 6.45) is -3.97. The Morgan fingerprint density at radius 3 is 2.04 bits per heavy atom. The van der Waals surface area contributed by atoms with Crippen LogP contribution in [0.2, 0.25) is 0 Å². The van der Waals surface area contributed by atoms with Crippen LogP contribution < -0.4 is 10.2 Å². The van der Waals surface area contributed by atoms with Gasteiger partial charge in [0.15, 0.2) is 11.7 Å². The summed E-state index contributed by atoms with van der Waals surface area (Å²) < 4.78 is 51.7. The number of rotatable bonds is 16. The van der Waals surface area contributed by atoms with Crippen LogP contribution in [0.1, 0.15) is 78.8 Å². The van der Waals surface area contributed by atoms with E-state index in [-0.39, 0.29) is 47.7 Å². The molecule has 0 saturated carbocycles. The zero-order valence-corrected chi connectivity index (χ0v) is 29.1. The summed E-state index contributed by atoms with van der Waals surface area (Å²) in [6, 6.07) is 14.2. The Kier molecular flexibility index (Phi) is 13.5. The standard InChI is InChI=1S/C38H43F3N2O7/c1-7-13-24(4)37(35(47)49-8-2,36(48)50-9-3)22-28(45)20-26-16-19-32(31(23-44)33(26)43(5)6)42-34(46)30-21-27(38(39,40)41)17-18-29(30)25-14-11-10-12-15-25/h10-12,14-19,21,23-24H,7-9,13,20,22H2,1-6H3,(H,42,46). The molecule has 9 nitrogen and oxygen atoms in total. The number of carbonyl (C=O) groups is 5. The molecule has 268 valence electrons. The molecule has 0 spiro atoms. The molecule has 1 N–H and O–H groups in total. The summed E-state index contributed by atoms with van der Waals surface area (Å²) >= 11 is 0. The van der Waals surface area contributed by atoms with E-state index in [0.29, 0.717) is 30.3 Å². The van der Waals surface area contributed by atoms with Crippen LogP contribution in [-0.4, -0.2) is 57.2 Å². The van der Waals surface area contributed by atoms with Crippen molar-refractivity contribution in [3.8, 4) is 11.1 Å². The largest absolute Gasteiger partial charge is 0.465 e. The molecule has 0 aliphatic heterocycles. The van der Waals surface area contributed by atoms with Crippen molar-refractivity contribution in [2.45, 2.75) is 59.6 Å². The van der Waals surface area contributed by atoms with Crippen molar-refractivity contribution in [3.63, 3.8) is 0 Å². The Labute approximate surface area is 290 Å². The number of halogens is 3. The van der Waals surface area contributed by atoms with Crippen molar-refractivity contribution in [1.29, 1.82) is 0 Å². The van der Waals surface area contributed by atoms with Gasteiger partial charge in [-0.25, -0.2) is 0 Å². The summed E-state index contributed by atoms with van der Waals surface area (Å²) in [5, 5.41) is 2.60. The highest BCUT2D eigenvalue weighted by atomic mass is 19.4. The Bertz CT molecular complexity index is 1690. The number of aldehydes is 1. The van der Waals surface area contributed by atoms with Gasteiger partial charge in [0.05, 0.1) is 35.7 Å². The molecule has 1 amide bonds. The second kappa shape index (κ2) is 17.1. The predicted octanol–water partition coefficient (Wildman–Crippen LogP) is 7.55. The minimum atomic E-state index is -4.71. The van der Waals surface area contributed by atoms with Crippen LogP contribution in [0.25, 0.3) is 11.1 Å². The molecule has 0 bridgehead atoms. The molecule has 0 saturated heterocycles. The Morgan fingerprint density at radius 2 is 1.52 bits per heavy atom. The van der Waals surface area contributed by atoms with Crippen molar-refractivity contribution in [2.24, 2.45) is 11.3 Å². The van der Waals surface area contributed by atoms with E-state index in [4.69, 9.17) is 9.47 Å². The minimum absolute atomic E-state index is 0.00489. The number of anilines is 2. The number of esters is 2. The lowest BCUT2D eigenvalue weighted by Gasteiger charge is -2.34. The van der Waals surface area contributed by atoms with Gasteiger partial charge in [0.1, 0.15) is 5.78 Å². The van der Waals surface area contributed by atoms with E-state index in [1.165, 1.54) is 18.2 Å². The van der Waals surface area contributed by atoms with Crippen molar-refractivity contribution in [3.05, 3.63) is 82.9 Å². The van der Waals surface area contributed by atoms with Crippen LogP contribution >= 0.6 is 0 Å². The van der Waals surface area contributed by atoms with Crippen LogP contribution in [0.3, 0.4) is 0 Å². The van der Waals surface area contributed by atoms with Crippen molar-refractivity contribution < 1.29 is 46.6 Å². The molecule has 0 heterocycles. The molecule has 0 aliphatic rings. The number of alkyl halides is 3. The van der Waals surface area contributed by atoms with E-state index in [1.54, 1.807) is 70.1 Å². The van der Waals surface area contributed by atoms with Gasteiger partial charge in [-0.1, -0.05) is 62.7 Å². The van der Waals surface area contributed by atoms with E-state index < -0.39 is 53.1 Å². The highest BCUT2D eigenvalue weighted by Crippen LogP contribution is 2.40. The number of hydrogen-bond acceptors (Lipinski definition) is 8. The van der Waals surface area contributed by atoms with Gasteiger partial charge in [-0.2, -0.15) is 13.2 Å². The SMILES string of the molecule is CCCC(C)C(CC(=O)Cc1ccc(NC(=O)c2cc(C(F)(F)F)ccc2-c2ccccc2)c(C=O)c1N(C)C)(C(=O)OCC)C(=O)OCC. The number of ketones is 1. The second-order valence-corrected chi connectivity index (χ2v) is 12.1. The van der Waals surface area contributed by atoms with Crippen LogP contribution in [0.15, 0.2) is 60.7 Å². The highest BCUT2D eigenvalue weighted by molar-refractivity contribution is 6.11. The Balaban J connectivity index is 2.06. The van der Waals surface area contributed by atoms with Gasteiger partial charge in [-0.15, -0.1) is 0 Å². The number of Topliss-reactive ketones (excluding diaryl/α,β-unsaturated/α-hetero) is 1. The molecule has 1 atom stereocenters. The van der Waals surface area contributed by atoms with Crippen molar-refractivity contribution >= 4 is 41.3 Å². The lowest BCUT2D eigenvalue weighted by molar-refractivity contribution is -0.178. The summed E-state index contributed by atoms with van der Waals surface area (Å²) in [6.45, 7) is 6.76. The number of nitrogens with zero attached hydrogens (tertiary/aromatic N) is 1. The van der Waals surface area contributed by atoms with E-state index in [1.807, 2.05) is 6.92 Å². The van der Waals surface area contributed by atoms with Crippen LogP contribution in [0.5, 0.6) is 0 Å². The summed E-state index contributed by atoms with van der Waals surface area (Å²) in [4.78, 5) is 68.3. The fourth-order valence-corrected chi connectivity index (χ4v) is 6.11. The maximum atomic E-state index is 13.8. The maximum Gasteiger partial charge on any atom is 0.416 e. The van der Waals surface area contributed by atoms with Crippen LogP contribution in [0, 0.1) is 11.3 Å². The monoisotopic (exact) mass is 696 g/mol. The number of benzene rings is 3. The lowest BCUT2D eigenvalue weighted by Crippen LogP contribution is -2.48. The first-order chi connectivity index (χ1) is 23.7. The Hall–Kier alpha value is -5.00. The van der Waals surface area contributed by atoms with Gasteiger partial charge in [-0.05, 0) is 61.1 Å². The van der Waals surface area contributed by atoms with E-state index in [2.05, 4.69) is 5.32 Å². The number of amides is 1. The molecule has 3 rings (SSSR count). The molecular weight excluding hydrogens is 653 g/mol. The first-order valence-corrected chi connectivity index (χ1v) is 16.4. The van der Waals surface area contributed by atoms with Gasteiger partial charge in [0.25, 0.3) is 5.91 Å². The summed E-state index contributed by atoms with van der Waals surface area (Å²) in [5.74, 6) is -3.68. The number of hydrogen-bond donors (Lipinski definition) is 1. The minimum Gasteiger partial charge on any atom is -0.465 e. The number of nitrogens with one attached hydrogen (secondary N) is 1. The summed E-state index contributed by atoms with van der Waals surface area (Å²) in [7, 11) is 3.24. The average molecular weight is 697 g/mol. The maximum absolute atomic E-state index is 13.8. The van der Waals surface area contributed by atoms with Gasteiger partial charge >= 0.3 is 18.1 Å². The zero-order chi connectivity index (χ0) is 37.2. The van der Waals surface area contributed by atoms with Crippen molar-refractivity contribution in [1.82, 2.24) is 0 Å². The normalized spacial score (nSPS) is 12.1. The van der Waals surface area contributed by atoms with Gasteiger partial charge < -0.3 is 19.7 Å². The molecule has 1 unspecified atom stereocenters. The zero-order valence-electron chi connectivity index (χ0n) is 29.1. The van der Waals surface area contributed by atoms with E-state index >= 15 is 0 Å². The quantitative estimate of drug-likeness (QED) is 0.0927. The molecular formula is C38H43F3N2O7. The van der Waals surface area contributed by atoms with Gasteiger partial charge in [0.2, 0.25) is 0 Å². The molecule has 0 radical (unpaired) electrons. The highest BCUT2D eigenvalue weighted by Gasteiger charge is 2.54. The lowest BCUT2D eigenvalue weighted by atomic mass is 9.70. The molecule has 3 aromatic carbocycles. The molecule has 50 heavy (non-hydrogen) atoms. The number of ether oxygens (including phenoxy) is 2. The van der Waals surface area contributed by atoms with Gasteiger partial charge in [-0.3, -0.25) is 24.0 Å². The average Bonchev–Trinajstić information content (AvgIpc) is 3.07. The fourth-order valence-electron chi connectivity index (χ4n) is 6.11. The van der Waals surface area contributed by atoms with Crippen molar-refractivity contribution in [2.75, 3.05) is 37.5 Å². The van der Waals surface area contributed by atoms with Crippen LogP contribution in [0.4, 0.5) is 24.5 Å². The molecule has 0 fully saturated rings. The van der Waals surface area contributed by atoms with E-state index in [0.717, 1.165) is 12.1 Å². The Morgan fingerprint density at radius 1 is 0.900 bits per heavy atom. The summed E-state index contributed by atoms with van der Waals surface area (Å²) in [5.41, 5.74) is -1.80. The molecule has 12 heteroatoms. The molecule has 0 aromatic heterocycles. The predicted molar refractivity (Wildman–Crippen MR) is 184 cm³/mol. The fraction of sp³-hybridized carbons (Fsp3) is 0.395. The molecule has 0 aliphatic carbocycles. The number of carbonyl (C=O) groups excluding carboxylic acids is 5. The first kappa shape index (κ1) is 39.4. The second-order valence-electron chi connectivity index (χ2n) is 12.1. The topological polar surface area (TPSA) is 119 Å². The van der Waals surface area contributed by atoms with Crippen LogP contribution in [-0.2, 0) is 36.5 Å². The van der Waals surface area contributed by atoms with E-state index in [9.17, 15) is 37.1 Å². The first-order valence-electron chi connectivity index (χ1n) is 16.4. The third kappa shape index (κ3) is 8.77.